The maximum Gasteiger partial charge on any atom is 0.290 e. The van der Waals surface area contributed by atoms with Gasteiger partial charge in [0.1, 0.15) is 0 Å². The summed E-state index contributed by atoms with van der Waals surface area (Å²) in [5, 5.41) is 12.7. The third-order valence-corrected chi connectivity index (χ3v) is 7.60. The first-order valence-corrected chi connectivity index (χ1v) is 13.7. The van der Waals surface area contributed by atoms with Crippen molar-refractivity contribution in [2.75, 3.05) is 53.1 Å². The average Bonchev–Trinajstić information content (AvgIpc) is 3.52. The van der Waals surface area contributed by atoms with E-state index in [-0.39, 0.29) is 11.4 Å². The van der Waals surface area contributed by atoms with E-state index in [1.807, 2.05) is 17.5 Å². The van der Waals surface area contributed by atoms with Gasteiger partial charge >= 0.3 is 0 Å². The molecule has 8 nitrogen and oxygen atoms in total. The topological polar surface area (TPSA) is 88.5 Å². The predicted octanol–water partition coefficient (Wildman–Crippen LogP) is 4.48. The lowest BCUT2D eigenvalue weighted by atomic mass is 9.95. The smallest absolute Gasteiger partial charge is 0.290 e. The molecule has 4 rings (SSSR count). The van der Waals surface area contributed by atoms with Crippen molar-refractivity contribution in [2.45, 2.75) is 32.7 Å². The number of benzene rings is 1. The highest BCUT2D eigenvalue weighted by Crippen LogP contribution is 2.42. The number of hydrogen-bond donors (Lipinski definition) is 1. The van der Waals surface area contributed by atoms with Crippen LogP contribution in [-0.2, 0) is 9.53 Å². The molecule has 1 unspecified atom stereocenters. The largest absolute Gasteiger partial charge is 0.503 e. The van der Waals surface area contributed by atoms with Crippen LogP contribution in [0, 0.1) is 5.92 Å². The number of ether oxygens (including phenoxy) is 3. The zero-order valence-electron chi connectivity index (χ0n) is 21.8. The molecule has 1 fully saturated rings. The van der Waals surface area contributed by atoms with Crippen LogP contribution >= 0.6 is 11.3 Å². The standard InChI is InChI=1S/C28H36N2O6S/c1-19(2)9-14-36-21-8-7-20(18-22(21)34-3)25-24(26(31)23-6-4-17-37-23)27(32)28(33)30(25)11-5-10-29-12-15-35-16-13-29/h4,6-8,17-19,25,32H,5,9-16H2,1-3H3. The van der Waals surface area contributed by atoms with Crippen LogP contribution < -0.4 is 9.47 Å². The number of rotatable bonds is 12. The molecule has 3 heterocycles. The molecule has 2 aliphatic heterocycles. The number of carbonyl (C=O) groups is 2. The van der Waals surface area contributed by atoms with Gasteiger partial charge in [0, 0.05) is 26.2 Å². The van der Waals surface area contributed by atoms with Crippen LogP contribution in [0.15, 0.2) is 47.0 Å². The Kier molecular flexibility index (Phi) is 9.23. The van der Waals surface area contributed by atoms with Crippen LogP contribution in [0.5, 0.6) is 11.5 Å². The van der Waals surface area contributed by atoms with Gasteiger partial charge in [0.15, 0.2) is 17.3 Å². The van der Waals surface area contributed by atoms with E-state index >= 15 is 0 Å². The fourth-order valence-corrected chi connectivity index (χ4v) is 5.35. The Morgan fingerprint density at radius 2 is 1.97 bits per heavy atom. The van der Waals surface area contributed by atoms with Crippen molar-refractivity contribution in [2.24, 2.45) is 5.92 Å². The fraction of sp³-hybridized carbons (Fsp3) is 0.500. The Morgan fingerprint density at radius 1 is 1.19 bits per heavy atom. The Labute approximate surface area is 222 Å². The number of aliphatic hydroxyl groups is 1. The van der Waals surface area contributed by atoms with E-state index < -0.39 is 17.7 Å². The highest BCUT2D eigenvalue weighted by atomic mass is 32.1. The van der Waals surface area contributed by atoms with Crippen molar-refractivity contribution in [3.8, 4) is 11.5 Å². The van der Waals surface area contributed by atoms with E-state index in [4.69, 9.17) is 14.2 Å². The summed E-state index contributed by atoms with van der Waals surface area (Å²) in [5.74, 6) is 0.303. The van der Waals surface area contributed by atoms with Gasteiger partial charge in [0.2, 0.25) is 5.78 Å². The molecular weight excluding hydrogens is 492 g/mol. The minimum Gasteiger partial charge on any atom is -0.503 e. The lowest BCUT2D eigenvalue weighted by Crippen LogP contribution is -2.39. The number of thiophene rings is 1. The number of Topliss-reactive ketones (excluding diaryl/α,β-unsaturated/α-hetero) is 1. The van der Waals surface area contributed by atoms with Crippen LogP contribution in [-0.4, -0.2) is 79.7 Å². The first-order valence-electron chi connectivity index (χ1n) is 12.8. The molecule has 0 bridgehead atoms. The predicted molar refractivity (Wildman–Crippen MR) is 143 cm³/mol. The molecule has 1 aromatic carbocycles. The summed E-state index contributed by atoms with van der Waals surface area (Å²) < 4.78 is 17.0. The summed E-state index contributed by atoms with van der Waals surface area (Å²) in [4.78, 5) is 31.1. The Bertz CT molecular complexity index is 1110. The van der Waals surface area contributed by atoms with Gasteiger partial charge in [-0.1, -0.05) is 26.0 Å². The van der Waals surface area contributed by atoms with Gasteiger partial charge in [0.05, 0.1) is 43.4 Å². The highest BCUT2D eigenvalue weighted by molar-refractivity contribution is 7.12. The Hall–Kier alpha value is -2.88. The van der Waals surface area contributed by atoms with E-state index in [0.29, 0.717) is 60.6 Å². The fourth-order valence-electron chi connectivity index (χ4n) is 4.67. The number of nitrogens with zero attached hydrogens (tertiary/aromatic N) is 2. The van der Waals surface area contributed by atoms with Gasteiger partial charge in [0.25, 0.3) is 5.91 Å². The van der Waals surface area contributed by atoms with Crippen LogP contribution in [0.25, 0.3) is 0 Å². The molecule has 1 atom stereocenters. The zero-order chi connectivity index (χ0) is 26.4. The summed E-state index contributed by atoms with van der Waals surface area (Å²) >= 11 is 1.29. The van der Waals surface area contributed by atoms with E-state index in [1.54, 1.807) is 30.2 Å². The van der Waals surface area contributed by atoms with Crippen molar-refractivity contribution >= 4 is 23.0 Å². The van der Waals surface area contributed by atoms with Crippen LogP contribution in [0.4, 0.5) is 0 Å². The Morgan fingerprint density at radius 3 is 2.65 bits per heavy atom. The summed E-state index contributed by atoms with van der Waals surface area (Å²) in [5.41, 5.74) is 0.797. The third kappa shape index (κ3) is 6.34. The summed E-state index contributed by atoms with van der Waals surface area (Å²) in [6, 6.07) is 8.24. The van der Waals surface area contributed by atoms with E-state index in [2.05, 4.69) is 18.7 Å². The third-order valence-electron chi connectivity index (χ3n) is 6.73. The van der Waals surface area contributed by atoms with Crippen molar-refractivity contribution < 1.29 is 28.9 Å². The number of methoxy groups -OCH3 is 1. The number of hydrogen-bond acceptors (Lipinski definition) is 8. The minimum atomic E-state index is -0.717. The molecule has 0 radical (unpaired) electrons. The first kappa shape index (κ1) is 27.2. The lowest BCUT2D eigenvalue weighted by molar-refractivity contribution is -0.129. The molecule has 200 valence electrons. The minimum absolute atomic E-state index is 0.106. The summed E-state index contributed by atoms with van der Waals surface area (Å²) in [7, 11) is 1.57. The highest BCUT2D eigenvalue weighted by Gasteiger charge is 2.44. The molecule has 0 saturated carbocycles. The van der Waals surface area contributed by atoms with Gasteiger partial charge in [-0.25, -0.2) is 0 Å². The van der Waals surface area contributed by atoms with Gasteiger partial charge in [-0.15, -0.1) is 11.3 Å². The van der Waals surface area contributed by atoms with Gasteiger partial charge in [-0.05, 0) is 47.9 Å². The summed E-state index contributed by atoms with van der Waals surface area (Å²) in [6.07, 6.45) is 1.62. The number of ketones is 1. The van der Waals surface area contributed by atoms with E-state index in [9.17, 15) is 14.7 Å². The van der Waals surface area contributed by atoms with Crippen molar-refractivity contribution in [1.29, 1.82) is 0 Å². The van der Waals surface area contributed by atoms with Crippen LogP contribution in [0.3, 0.4) is 0 Å². The number of amides is 1. The maximum atomic E-state index is 13.5. The van der Waals surface area contributed by atoms with Gasteiger partial charge < -0.3 is 24.2 Å². The Balaban J connectivity index is 1.61. The van der Waals surface area contributed by atoms with Gasteiger partial charge in [-0.3, -0.25) is 14.5 Å². The molecule has 1 amide bonds. The molecule has 9 heteroatoms. The first-order chi connectivity index (χ1) is 17.9. The normalized spacial score (nSPS) is 18.6. The number of carbonyl (C=O) groups excluding carboxylic acids is 2. The van der Waals surface area contributed by atoms with Crippen LogP contribution in [0.2, 0.25) is 0 Å². The molecule has 2 aliphatic rings. The van der Waals surface area contributed by atoms with E-state index in [1.165, 1.54) is 11.3 Å². The molecule has 1 aromatic heterocycles. The lowest BCUT2D eigenvalue weighted by Gasteiger charge is -2.30. The number of morpholine rings is 1. The van der Waals surface area contributed by atoms with Crippen molar-refractivity contribution in [3.63, 3.8) is 0 Å². The van der Waals surface area contributed by atoms with E-state index in [0.717, 1.165) is 26.1 Å². The van der Waals surface area contributed by atoms with Crippen molar-refractivity contribution in [1.82, 2.24) is 9.80 Å². The zero-order valence-corrected chi connectivity index (χ0v) is 22.6. The second-order valence-electron chi connectivity index (χ2n) is 9.72. The second-order valence-corrected chi connectivity index (χ2v) is 10.7. The molecule has 1 N–H and O–H groups in total. The van der Waals surface area contributed by atoms with Crippen LogP contribution in [0.1, 0.15) is 48.0 Å². The molecule has 0 spiro atoms. The molecular formula is C28H36N2O6S. The SMILES string of the molecule is COc1cc(C2C(C(=O)c3cccs3)=C(O)C(=O)N2CCCN2CCOCC2)ccc1OCCC(C)C. The number of aliphatic hydroxyl groups excluding tert-OH is 1. The quantitative estimate of drug-likeness (QED) is 0.406. The average molecular weight is 529 g/mol. The van der Waals surface area contributed by atoms with Crippen molar-refractivity contribution in [3.05, 3.63) is 57.5 Å². The molecule has 37 heavy (non-hydrogen) atoms. The molecule has 1 saturated heterocycles. The van der Waals surface area contributed by atoms with Gasteiger partial charge in [-0.2, -0.15) is 0 Å². The molecule has 2 aromatic rings. The second kappa shape index (κ2) is 12.6. The maximum absolute atomic E-state index is 13.5. The molecule has 0 aliphatic carbocycles. The summed E-state index contributed by atoms with van der Waals surface area (Å²) in [6.45, 7) is 9.18. The monoisotopic (exact) mass is 528 g/mol.